The van der Waals surface area contributed by atoms with Crippen molar-refractivity contribution in [1.82, 2.24) is 10.2 Å². The van der Waals surface area contributed by atoms with Crippen LogP contribution in [-0.4, -0.2) is 64.8 Å². The highest BCUT2D eigenvalue weighted by Gasteiger charge is 2.68. The lowest BCUT2D eigenvalue weighted by atomic mass is 10.1. The molecule has 3 amide bonds. The van der Waals surface area contributed by atoms with Gasteiger partial charge in [-0.2, -0.15) is 0 Å². The van der Waals surface area contributed by atoms with Crippen LogP contribution in [-0.2, 0) is 23.8 Å². The highest BCUT2D eigenvalue weighted by molar-refractivity contribution is 6.03. The summed E-state index contributed by atoms with van der Waals surface area (Å²) in [6, 6.07) is -0.620. The Labute approximate surface area is 120 Å². The summed E-state index contributed by atoms with van der Waals surface area (Å²) in [5.74, 6) is -0.961. The van der Waals surface area contributed by atoms with Gasteiger partial charge >= 0.3 is 12.0 Å². The number of rotatable bonds is 3. The molecule has 0 spiro atoms. The summed E-state index contributed by atoms with van der Waals surface area (Å²) in [6.45, 7) is 2.74. The summed E-state index contributed by atoms with van der Waals surface area (Å²) in [5, 5.41) is 12.1. The van der Waals surface area contributed by atoms with Gasteiger partial charge in [0.05, 0.1) is 6.10 Å². The number of ether oxygens (including phenoxy) is 3. The van der Waals surface area contributed by atoms with E-state index in [0.29, 0.717) is 0 Å². The van der Waals surface area contributed by atoms with Crippen molar-refractivity contribution < 1.29 is 33.7 Å². The van der Waals surface area contributed by atoms with Gasteiger partial charge in [0.15, 0.2) is 11.8 Å². The molecule has 0 aromatic carbocycles. The van der Waals surface area contributed by atoms with Crippen LogP contribution in [0.15, 0.2) is 0 Å². The number of urea groups is 1. The van der Waals surface area contributed by atoms with E-state index >= 15 is 0 Å². The third kappa shape index (κ3) is 2.27. The molecule has 0 unspecified atom stereocenters. The molecule has 0 aliphatic carbocycles. The molecule has 3 saturated heterocycles. The number of aliphatic hydroxyl groups excluding tert-OH is 1. The molecule has 0 bridgehead atoms. The molecular weight excluding hydrogens is 284 g/mol. The van der Waals surface area contributed by atoms with Gasteiger partial charge in [-0.1, -0.05) is 0 Å². The third-order valence-corrected chi connectivity index (χ3v) is 3.89. The highest BCUT2D eigenvalue weighted by Crippen LogP contribution is 2.44. The Balaban J connectivity index is 1.67. The topological polar surface area (TPSA) is 118 Å². The Bertz CT molecular complexity index is 510. The van der Waals surface area contributed by atoms with Gasteiger partial charge in [-0.3, -0.25) is 19.8 Å². The normalized spacial score (nSPS) is 41.6. The molecule has 0 radical (unpaired) electrons. The second kappa shape index (κ2) is 4.65. The minimum Gasteiger partial charge on any atom is -0.463 e. The number of nitrogens with one attached hydrogen (secondary N) is 1. The molecular formula is C12H16N2O7. The quantitative estimate of drug-likeness (QED) is 0.491. The van der Waals surface area contributed by atoms with Crippen molar-refractivity contribution in [3.8, 4) is 0 Å². The van der Waals surface area contributed by atoms with E-state index in [9.17, 15) is 19.5 Å². The molecule has 0 saturated carbocycles. The summed E-state index contributed by atoms with van der Waals surface area (Å²) in [7, 11) is 0. The van der Waals surface area contributed by atoms with Gasteiger partial charge in [-0.15, -0.1) is 0 Å². The van der Waals surface area contributed by atoms with Crippen molar-refractivity contribution in [2.75, 3.05) is 6.61 Å². The van der Waals surface area contributed by atoms with Gasteiger partial charge < -0.3 is 19.3 Å². The average molecular weight is 300 g/mol. The SMILES string of the molecule is CC(=O)OC[C@H]1O[C@@H](N2C(=O)NC(=O)[C@@]3(C)O[C@@H]23)C[C@@H]1O. The van der Waals surface area contributed by atoms with Gasteiger partial charge in [-0.05, 0) is 6.92 Å². The van der Waals surface area contributed by atoms with Crippen LogP contribution in [0.5, 0.6) is 0 Å². The fourth-order valence-electron chi connectivity index (χ4n) is 2.60. The first-order chi connectivity index (χ1) is 9.83. The van der Waals surface area contributed by atoms with Crippen LogP contribution >= 0.6 is 0 Å². The van der Waals surface area contributed by atoms with Crippen molar-refractivity contribution >= 4 is 17.9 Å². The van der Waals surface area contributed by atoms with Gasteiger partial charge in [0.2, 0.25) is 0 Å². The number of epoxide rings is 1. The van der Waals surface area contributed by atoms with E-state index in [2.05, 4.69) is 5.32 Å². The summed E-state index contributed by atoms with van der Waals surface area (Å²) in [4.78, 5) is 35.6. The van der Waals surface area contributed by atoms with Gasteiger partial charge in [0.25, 0.3) is 5.91 Å². The Morgan fingerprint density at radius 2 is 2.29 bits per heavy atom. The lowest BCUT2D eigenvalue weighted by molar-refractivity contribution is -0.149. The van der Waals surface area contributed by atoms with Gasteiger partial charge in [0, 0.05) is 13.3 Å². The lowest BCUT2D eigenvalue weighted by Gasteiger charge is -2.30. The third-order valence-electron chi connectivity index (χ3n) is 3.89. The second-order valence-corrected chi connectivity index (χ2v) is 5.48. The summed E-state index contributed by atoms with van der Waals surface area (Å²) in [6.07, 6.45) is -2.85. The Kier molecular flexibility index (Phi) is 3.15. The molecule has 116 valence electrons. The highest BCUT2D eigenvalue weighted by atomic mass is 16.7. The van der Waals surface area contributed by atoms with Crippen LogP contribution < -0.4 is 5.32 Å². The zero-order valence-electron chi connectivity index (χ0n) is 11.6. The van der Waals surface area contributed by atoms with Crippen molar-refractivity contribution in [3.05, 3.63) is 0 Å². The minimum absolute atomic E-state index is 0.0931. The predicted molar refractivity (Wildman–Crippen MR) is 64.6 cm³/mol. The zero-order chi connectivity index (χ0) is 15.4. The molecule has 2 N–H and O–H groups in total. The number of nitrogens with zero attached hydrogens (tertiary/aromatic N) is 1. The predicted octanol–water partition coefficient (Wildman–Crippen LogP) is -1.31. The Morgan fingerprint density at radius 3 is 2.95 bits per heavy atom. The standard InChI is InChI=1S/C12H16N2O7/c1-5(15)19-4-7-6(16)3-8(20-7)14-10-12(2,21-10)9(17)13-11(14)18/h6-8,10,16H,3-4H2,1-2H3,(H,13,17,18)/t6-,7+,8+,10+,12+/m0/s1. The smallest absolute Gasteiger partial charge is 0.328 e. The van der Waals surface area contributed by atoms with Crippen LogP contribution in [0, 0.1) is 0 Å². The van der Waals surface area contributed by atoms with Crippen molar-refractivity contribution in [1.29, 1.82) is 0 Å². The van der Waals surface area contributed by atoms with E-state index in [-0.39, 0.29) is 13.0 Å². The fraction of sp³-hybridized carbons (Fsp3) is 0.750. The van der Waals surface area contributed by atoms with Crippen molar-refractivity contribution in [3.63, 3.8) is 0 Å². The maximum Gasteiger partial charge on any atom is 0.328 e. The number of carbonyl (C=O) groups excluding carboxylic acids is 3. The number of hydrogen-bond donors (Lipinski definition) is 2. The molecule has 3 heterocycles. The molecule has 0 aromatic rings. The average Bonchev–Trinajstić information content (AvgIpc) is 2.93. The van der Waals surface area contributed by atoms with Crippen LogP contribution in [0.3, 0.4) is 0 Å². The Hall–Kier alpha value is -1.71. The second-order valence-electron chi connectivity index (χ2n) is 5.48. The van der Waals surface area contributed by atoms with Crippen LogP contribution in [0.25, 0.3) is 0 Å². The maximum absolute atomic E-state index is 11.9. The largest absolute Gasteiger partial charge is 0.463 e. The van der Waals surface area contributed by atoms with Crippen LogP contribution in [0.1, 0.15) is 20.3 Å². The molecule has 0 aromatic heterocycles. The monoisotopic (exact) mass is 300 g/mol. The molecule has 3 aliphatic heterocycles. The summed E-state index contributed by atoms with van der Waals surface area (Å²) >= 11 is 0. The zero-order valence-corrected chi connectivity index (χ0v) is 11.6. The molecule has 3 aliphatic rings. The van der Waals surface area contributed by atoms with Crippen molar-refractivity contribution in [2.24, 2.45) is 0 Å². The number of amides is 3. The van der Waals surface area contributed by atoms with E-state index < -0.39 is 48.2 Å². The van der Waals surface area contributed by atoms with Crippen LogP contribution in [0.2, 0.25) is 0 Å². The first-order valence-electron chi connectivity index (χ1n) is 6.61. The molecule has 9 nitrogen and oxygen atoms in total. The first kappa shape index (κ1) is 14.2. The molecule has 3 rings (SSSR count). The number of aliphatic hydroxyl groups is 1. The van der Waals surface area contributed by atoms with Crippen LogP contribution in [0.4, 0.5) is 4.79 Å². The Morgan fingerprint density at radius 1 is 1.57 bits per heavy atom. The van der Waals surface area contributed by atoms with E-state index in [1.165, 1.54) is 11.8 Å². The minimum atomic E-state index is -1.06. The molecule has 21 heavy (non-hydrogen) atoms. The summed E-state index contributed by atoms with van der Waals surface area (Å²) in [5.41, 5.74) is -1.06. The fourth-order valence-corrected chi connectivity index (χ4v) is 2.60. The van der Waals surface area contributed by atoms with E-state index in [4.69, 9.17) is 14.2 Å². The van der Waals surface area contributed by atoms with E-state index in [1.54, 1.807) is 6.92 Å². The first-order valence-corrected chi connectivity index (χ1v) is 6.61. The number of fused-ring (bicyclic) bond motifs is 1. The van der Waals surface area contributed by atoms with Crippen molar-refractivity contribution in [2.45, 2.75) is 50.5 Å². The summed E-state index contributed by atoms with van der Waals surface area (Å²) < 4.78 is 15.7. The van der Waals surface area contributed by atoms with Gasteiger partial charge in [0.1, 0.15) is 18.9 Å². The van der Waals surface area contributed by atoms with E-state index in [1.807, 2.05) is 0 Å². The maximum atomic E-state index is 11.9. The number of imide groups is 1. The van der Waals surface area contributed by atoms with E-state index in [0.717, 1.165) is 0 Å². The van der Waals surface area contributed by atoms with Gasteiger partial charge in [-0.25, -0.2) is 4.79 Å². The molecule has 5 atom stereocenters. The number of hydrogen-bond acceptors (Lipinski definition) is 7. The molecule has 3 fully saturated rings. The lowest BCUT2D eigenvalue weighted by Crippen LogP contribution is -2.59. The molecule has 9 heteroatoms. The number of esters is 1. The number of carbonyl (C=O) groups is 3.